The minimum absolute atomic E-state index is 0.0842. The van der Waals surface area contributed by atoms with E-state index in [0.717, 1.165) is 18.3 Å². The Morgan fingerprint density at radius 2 is 2.17 bits per heavy atom. The Morgan fingerprint density at radius 1 is 1.29 bits per heavy atom. The van der Waals surface area contributed by atoms with Crippen LogP contribution in [0.4, 0.5) is 15.9 Å². The minimum Gasteiger partial charge on any atom is -0.365 e. The molecule has 1 fully saturated rings. The molecule has 0 radical (unpaired) electrons. The summed E-state index contributed by atoms with van der Waals surface area (Å²) in [4.78, 5) is 24.0. The maximum absolute atomic E-state index is 13.9. The molecule has 0 saturated carbocycles. The number of carbonyl (C=O) groups excluding carboxylic acids is 1. The van der Waals surface area contributed by atoms with E-state index < -0.39 is 11.9 Å². The van der Waals surface area contributed by atoms with Crippen LogP contribution in [0.2, 0.25) is 0 Å². The largest absolute Gasteiger partial charge is 0.365 e. The molecular formula is C17H17FN4O2. The average molecular weight is 328 g/mol. The van der Waals surface area contributed by atoms with Crippen LogP contribution in [0.25, 0.3) is 0 Å². The number of anilines is 2. The molecule has 3 heterocycles. The van der Waals surface area contributed by atoms with Gasteiger partial charge in [-0.05, 0) is 18.1 Å². The van der Waals surface area contributed by atoms with Crippen molar-refractivity contribution < 1.29 is 13.9 Å². The molecule has 124 valence electrons. The van der Waals surface area contributed by atoms with Crippen LogP contribution in [0.1, 0.15) is 5.56 Å². The summed E-state index contributed by atoms with van der Waals surface area (Å²) in [5.74, 6) is -0.357. The van der Waals surface area contributed by atoms with Crippen molar-refractivity contribution in [3.05, 3.63) is 48.2 Å². The molecule has 2 aromatic rings. The maximum Gasteiger partial charge on any atom is 0.257 e. The number of halogens is 1. The lowest BCUT2D eigenvalue weighted by molar-refractivity contribution is -0.130. The molecule has 0 aliphatic carbocycles. The first-order valence-electron chi connectivity index (χ1n) is 7.95. The third kappa shape index (κ3) is 2.60. The molecule has 6 nitrogen and oxygen atoms in total. The SMILES string of the molecule is O=C(C1CN(c2ncncc2F)CCO1)N1CCc2ccccc21. The summed E-state index contributed by atoms with van der Waals surface area (Å²) in [6, 6.07) is 7.89. The standard InChI is InChI=1S/C17H17FN4O2/c18-13-9-19-11-20-16(13)21-7-8-24-15(10-21)17(23)22-6-5-12-3-1-2-4-14(12)22/h1-4,9,11,15H,5-8,10H2. The van der Waals surface area contributed by atoms with Crippen LogP contribution in [0.5, 0.6) is 0 Å². The second kappa shape index (κ2) is 6.16. The smallest absolute Gasteiger partial charge is 0.257 e. The Labute approximate surface area is 138 Å². The predicted molar refractivity (Wildman–Crippen MR) is 86.4 cm³/mol. The van der Waals surface area contributed by atoms with Gasteiger partial charge in [0.2, 0.25) is 0 Å². The number of rotatable bonds is 2. The lowest BCUT2D eigenvalue weighted by Gasteiger charge is -2.34. The van der Waals surface area contributed by atoms with Gasteiger partial charge in [0.25, 0.3) is 5.91 Å². The van der Waals surface area contributed by atoms with Crippen LogP contribution in [0.3, 0.4) is 0 Å². The number of fused-ring (bicyclic) bond motifs is 1. The van der Waals surface area contributed by atoms with E-state index in [1.54, 1.807) is 9.80 Å². The van der Waals surface area contributed by atoms with Crippen molar-refractivity contribution in [1.82, 2.24) is 9.97 Å². The van der Waals surface area contributed by atoms with E-state index >= 15 is 0 Å². The quantitative estimate of drug-likeness (QED) is 0.834. The Bertz CT molecular complexity index is 770. The van der Waals surface area contributed by atoms with Gasteiger partial charge >= 0.3 is 0 Å². The molecule has 0 N–H and O–H groups in total. The van der Waals surface area contributed by atoms with Gasteiger partial charge in [0.1, 0.15) is 6.33 Å². The summed E-state index contributed by atoms with van der Waals surface area (Å²) in [5.41, 5.74) is 2.11. The van der Waals surface area contributed by atoms with Gasteiger partial charge in [-0.25, -0.2) is 14.4 Å². The van der Waals surface area contributed by atoms with Crippen LogP contribution >= 0.6 is 0 Å². The van der Waals surface area contributed by atoms with Crippen LogP contribution in [-0.2, 0) is 16.0 Å². The van der Waals surface area contributed by atoms with E-state index in [9.17, 15) is 9.18 Å². The van der Waals surface area contributed by atoms with Gasteiger partial charge < -0.3 is 14.5 Å². The second-order valence-corrected chi connectivity index (χ2v) is 5.87. The molecular weight excluding hydrogens is 311 g/mol. The van der Waals surface area contributed by atoms with Crippen molar-refractivity contribution >= 4 is 17.4 Å². The van der Waals surface area contributed by atoms with Gasteiger partial charge in [0.15, 0.2) is 17.7 Å². The van der Waals surface area contributed by atoms with Crippen LogP contribution in [-0.4, -0.2) is 48.2 Å². The number of nitrogens with zero attached hydrogens (tertiary/aromatic N) is 4. The Morgan fingerprint density at radius 3 is 3.04 bits per heavy atom. The number of hydrogen-bond donors (Lipinski definition) is 0. The summed E-state index contributed by atoms with van der Waals surface area (Å²) in [6.07, 6.45) is 2.66. The monoisotopic (exact) mass is 328 g/mol. The fourth-order valence-corrected chi connectivity index (χ4v) is 3.27. The molecule has 1 saturated heterocycles. The molecule has 7 heteroatoms. The zero-order valence-electron chi connectivity index (χ0n) is 13.1. The molecule has 24 heavy (non-hydrogen) atoms. The molecule has 1 aromatic heterocycles. The molecule has 2 aliphatic heterocycles. The molecule has 1 atom stereocenters. The highest BCUT2D eigenvalue weighted by Crippen LogP contribution is 2.29. The summed E-state index contributed by atoms with van der Waals surface area (Å²) >= 11 is 0. The Kier molecular flexibility index (Phi) is 3.86. The summed E-state index contributed by atoms with van der Waals surface area (Å²) in [6.45, 7) is 1.79. The number of ether oxygens (including phenoxy) is 1. The first-order chi connectivity index (χ1) is 11.7. The second-order valence-electron chi connectivity index (χ2n) is 5.87. The van der Waals surface area contributed by atoms with Gasteiger partial charge in [-0.15, -0.1) is 0 Å². The zero-order valence-corrected chi connectivity index (χ0v) is 13.1. The summed E-state index contributed by atoms with van der Waals surface area (Å²) < 4.78 is 19.6. The van der Waals surface area contributed by atoms with Crippen molar-refractivity contribution in [3.8, 4) is 0 Å². The van der Waals surface area contributed by atoms with Gasteiger partial charge in [0, 0.05) is 18.8 Å². The molecule has 4 rings (SSSR count). The lowest BCUT2D eigenvalue weighted by atomic mass is 10.2. The summed E-state index contributed by atoms with van der Waals surface area (Å²) in [5, 5.41) is 0. The number of carbonyl (C=O) groups is 1. The van der Waals surface area contributed by atoms with Crippen molar-refractivity contribution in [2.75, 3.05) is 36.0 Å². The van der Waals surface area contributed by atoms with E-state index in [1.807, 2.05) is 24.3 Å². The number of morpholine rings is 1. The Hall–Kier alpha value is -2.54. The first-order valence-corrected chi connectivity index (χ1v) is 7.95. The van der Waals surface area contributed by atoms with Gasteiger partial charge in [0.05, 0.1) is 19.3 Å². The van der Waals surface area contributed by atoms with Crippen molar-refractivity contribution in [2.45, 2.75) is 12.5 Å². The first kappa shape index (κ1) is 15.0. The number of hydrogen-bond acceptors (Lipinski definition) is 5. The third-order valence-electron chi connectivity index (χ3n) is 4.44. The fraction of sp³-hybridized carbons (Fsp3) is 0.353. The van der Waals surface area contributed by atoms with Crippen LogP contribution in [0, 0.1) is 5.82 Å². The molecule has 0 bridgehead atoms. The number of para-hydroxylation sites is 1. The molecule has 0 spiro atoms. The molecule has 1 amide bonds. The van der Waals surface area contributed by atoms with E-state index in [1.165, 1.54) is 11.9 Å². The highest BCUT2D eigenvalue weighted by Gasteiger charge is 2.34. The molecule has 1 aromatic carbocycles. The zero-order chi connectivity index (χ0) is 16.5. The van der Waals surface area contributed by atoms with E-state index in [4.69, 9.17) is 4.74 Å². The Balaban J connectivity index is 1.53. The van der Waals surface area contributed by atoms with E-state index in [0.29, 0.717) is 19.7 Å². The molecule has 2 aliphatic rings. The van der Waals surface area contributed by atoms with Crippen molar-refractivity contribution in [2.24, 2.45) is 0 Å². The predicted octanol–water partition coefficient (Wildman–Crippen LogP) is 1.41. The highest BCUT2D eigenvalue weighted by atomic mass is 19.1. The minimum atomic E-state index is -0.626. The lowest BCUT2D eigenvalue weighted by Crippen LogP contribution is -2.51. The van der Waals surface area contributed by atoms with Crippen molar-refractivity contribution in [1.29, 1.82) is 0 Å². The van der Waals surface area contributed by atoms with E-state index in [2.05, 4.69) is 9.97 Å². The van der Waals surface area contributed by atoms with Gasteiger partial charge in [-0.1, -0.05) is 18.2 Å². The fourth-order valence-electron chi connectivity index (χ4n) is 3.27. The number of benzene rings is 1. The maximum atomic E-state index is 13.9. The normalized spacial score (nSPS) is 20.1. The number of amides is 1. The topological polar surface area (TPSA) is 58.6 Å². The van der Waals surface area contributed by atoms with Crippen LogP contribution in [0.15, 0.2) is 36.8 Å². The van der Waals surface area contributed by atoms with Crippen LogP contribution < -0.4 is 9.80 Å². The van der Waals surface area contributed by atoms with Crippen molar-refractivity contribution in [3.63, 3.8) is 0 Å². The van der Waals surface area contributed by atoms with Gasteiger partial charge in [-0.2, -0.15) is 0 Å². The van der Waals surface area contributed by atoms with Gasteiger partial charge in [-0.3, -0.25) is 4.79 Å². The average Bonchev–Trinajstić information content (AvgIpc) is 3.06. The highest BCUT2D eigenvalue weighted by molar-refractivity contribution is 5.98. The van der Waals surface area contributed by atoms with E-state index in [-0.39, 0.29) is 18.3 Å². The summed E-state index contributed by atoms with van der Waals surface area (Å²) in [7, 11) is 0. The number of aromatic nitrogens is 2. The third-order valence-corrected chi connectivity index (χ3v) is 4.44. The molecule has 1 unspecified atom stereocenters.